The summed E-state index contributed by atoms with van der Waals surface area (Å²) in [6, 6.07) is 12.2. The number of nitrogens with one attached hydrogen (secondary N) is 2. The van der Waals surface area contributed by atoms with Gasteiger partial charge in [-0.1, -0.05) is 18.2 Å². The van der Waals surface area contributed by atoms with Gasteiger partial charge in [-0.05, 0) is 49.1 Å². The molecule has 0 spiro atoms. The molecule has 2 heterocycles. The van der Waals surface area contributed by atoms with Crippen molar-refractivity contribution in [3.63, 3.8) is 0 Å². The zero-order valence-corrected chi connectivity index (χ0v) is 17.2. The van der Waals surface area contributed by atoms with Crippen LogP contribution in [-0.4, -0.2) is 41.2 Å². The zero-order valence-electron chi connectivity index (χ0n) is 17.2. The third kappa shape index (κ3) is 5.81. The molecule has 3 aromatic rings. The van der Waals surface area contributed by atoms with Crippen LogP contribution in [0, 0.1) is 6.92 Å². The van der Waals surface area contributed by atoms with Gasteiger partial charge in [0.2, 0.25) is 0 Å². The molecule has 0 saturated carbocycles. The van der Waals surface area contributed by atoms with E-state index >= 15 is 0 Å². The lowest BCUT2D eigenvalue weighted by Crippen LogP contribution is -2.35. The highest BCUT2D eigenvalue weighted by Crippen LogP contribution is 2.13. The van der Waals surface area contributed by atoms with Gasteiger partial charge in [0.05, 0.1) is 0 Å². The maximum Gasteiger partial charge on any atom is 0.315 e. The average Bonchev–Trinajstić information content (AvgIpc) is 3.16. The van der Waals surface area contributed by atoms with Crippen LogP contribution in [0.1, 0.15) is 23.4 Å². The van der Waals surface area contributed by atoms with Crippen LogP contribution in [0.25, 0.3) is 5.82 Å². The van der Waals surface area contributed by atoms with Crippen molar-refractivity contribution in [3.05, 3.63) is 71.9 Å². The Morgan fingerprint density at radius 2 is 1.79 bits per heavy atom. The molecule has 29 heavy (non-hydrogen) atoms. The normalized spacial score (nSPS) is 10.6. The van der Waals surface area contributed by atoms with Crippen molar-refractivity contribution in [2.24, 2.45) is 0 Å². The molecule has 7 heteroatoms. The molecule has 3 rings (SSSR count). The highest BCUT2D eigenvalue weighted by molar-refractivity contribution is 5.73. The Hall–Kier alpha value is -3.35. The lowest BCUT2D eigenvalue weighted by molar-refractivity contribution is 0.240. The van der Waals surface area contributed by atoms with Crippen molar-refractivity contribution in [2.75, 3.05) is 25.5 Å². The number of carbonyl (C=O) groups excluding carboxylic acids is 1. The number of benzene rings is 1. The maximum absolute atomic E-state index is 12.0. The Kier molecular flexibility index (Phi) is 6.84. The molecule has 0 aliphatic heterocycles. The van der Waals surface area contributed by atoms with Gasteiger partial charge in [-0.15, -0.1) is 0 Å². The van der Waals surface area contributed by atoms with E-state index in [0.29, 0.717) is 13.1 Å². The number of carbonyl (C=O) groups is 1. The monoisotopic (exact) mass is 392 g/mol. The molecule has 0 atom stereocenters. The summed E-state index contributed by atoms with van der Waals surface area (Å²) < 4.78 is 1.91. The molecule has 0 aliphatic carbocycles. The van der Waals surface area contributed by atoms with Gasteiger partial charge in [0.1, 0.15) is 11.6 Å². The first-order chi connectivity index (χ1) is 14.0. The Balaban J connectivity index is 1.36. The number of anilines is 1. The van der Waals surface area contributed by atoms with Crippen molar-refractivity contribution in [1.29, 1.82) is 0 Å². The summed E-state index contributed by atoms with van der Waals surface area (Å²) in [4.78, 5) is 22.7. The van der Waals surface area contributed by atoms with Crippen molar-refractivity contribution >= 4 is 11.7 Å². The van der Waals surface area contributed by atoms with Gasteiger partial charge in [-0.3, -0.25) is 4.57 Å². The van der Waals surface area contributed by atoms with E-state index in [1.807, 2.05) is 43.9 Å². The first-order valence-electron chi connectivity index (χ1n) is 9.76. The summed E-state index contributed by atoms with van der Waals surface area (Å²) in [5.41, 5.74) is 3.41. The predicted octanol–water partition coefficient (Wildman–Crippen LogP) is 3.07. The van der Waals surface area contributed by atoms with Crippen LogP contribution in [0.2, 0.25) is 0 Å². The molecule has 0 bridgehead atoms. The molecular formula is C22H28N6O. The number of imidazole rings is 1. The van der Waals surface area contributed by atoms with Crippen molar-refractivity contribution in [1.82, 2.24) is 25.2 Å². The SMILES string of the molecule is Cc1nccn1-c1ccc(CNC(=O)NCCCc2ccc(N(C)C)cc2)cn1. The standard InChI is InChI=1S/C22H28N6O/c1-17-23-13-14-28(17)21-11-8-19(15-25-21)16-26-22(29)24-12-4-5-18-6-9-20(10-7-18)27(2)3/h6-11,13-15H,4-5,12,16H2,1-3H3,(H2,24,26,29). The summed E-state index contributed by atoms with van der Waals surface area (Å²) in [5, 5.41) is 5.77. The van der Waals surface area contributed by atoms with Crippen LogP contribution >= 0.6 is 0 Å². The van der Waals surface area contributed by atoms with E-state index in [1.54, 1.807) is 12.4 Å². The largest absolute Gasteiger partial charge is 0.378 e. The highest BCUT2D eigenvalue weighted by Gasteiger charge is 2.04. The first-order valence-corrected chi connectivity index (χ1v) is 9.76. The second-order valence-electron chi connectivity index (χ2n) is 7.14. The van der Waals surface area contributed by atoms with Gasteiger partial charge in [-0.25, -0.2) is 14.8 Å². The van der Waals surface area contributed by atoms with Crippen molar-refractivity contribution in [2.45, 2.75) is 26.3 Å². The van der Waals surface area contributed by atoms with Gasteiger partial charge in [0.25, 0.3) is 0 Å². The van der Waals surface area contributed by atoms with E-state index in [0.717, 1.165) is 30.0 Å². The number of nitrogens with zero attached hydrogens (tertiary/aromatic N) is 4. The fraction of sp³-hybridized carbons (Fsp3) is 0.318. The molecule has 0 aliphatic rings. The molecule has 152 valence electrons. The quantitative estimate of drug-likeness (QED) is 0.578. The molecule has 2 N–H and O–H groups in total. The van der Waals surface area contributed by atoms with Crippen LogP contribution < -0.4 is 15.5 Å². The Bertz CT molecular complexity index is 915. The molecule has 0 fully saturated rings. The second kappa shape index (κ2) is 9.73. The van der Waals surface area contributed by atoms with Gasteiger partial charge < -0.3 is 15.5 Å². The number of amides is 2. The number of hydrogen-bond acceptors (Lipinski definition) is 4. The third-order valence-electron chi connectivity index (χ3n) is 4.72. The molecule has 0 saturated heterocycles. The number of aryl methyl sites for hydroxylation is 2. The Morgan fingerprint density at radius 3 is 2.41 bits per heavy atom. The van der Waals surface area contributed by atoms with Crippen molar-refractivity contribution < 1.29 is 4.79 Å². The Morgan fingerprint density at radius 1 is 1.03 bits per heavy atom. The van der Waals surface area contributed by atoms with Crippen molar-refractivity contribution in [3.8, 4) is 5.82 Å². The highest BCUT2D eigenvalue weighted by atomic mass is 16.2. The molecule has 1 aromatic carbocycles. The lowest BCUT2D eigenvalue weighted by Gasteiger charge is -2.12. The fourth-order valence-electron chi connectivity index (χ4n) is 2.98. The minimum atomic E-state index is -0.164. The minimum Gasteiger partial charge on any atom is -0.378 e. The van der Waals surface area contributed by atoms with E-state index in [4.69, 9.17) is 0 Å². The fourth-order valence-corrected chi connectivity index (χ4v) is 2.98. The Labute approximate surface area is 171 Å². The molecule has 7 nitrogen and oxygen atoms in total. The van der Waals surface area contributed by atoms with E-state index < -0.39 is 0 Å². The minimum absolute atomic E-state index is 0.164. The summed E-state index contributed by atoms with van der Waals surface area (Å²) >= 11 is 0. The number of pyridine rings is 1. The summed E-state index contributed by atoms with van der Waals surface area (Å²) in [6.45, 7) is 3.01. The van der Waals surface area contributed by atoms with Crippen LogP contribution in [0.3, 0.4) is 0 Å². The van der Waals surface area contributed by atoms with E-state index in [1.165, 1.54) is 11.3 Å². The molecule has 2 aromatic heterocycles. The molecular weight excluding hydrogens is 364 g/mol. The summed E-state index contributed by atoms with van der Waals surface area (Å²) in [6.07, 6.45) is 7.23. The van der Waals surface area contributed by atoms with Crippen LogP contribution in [-0.2, 0) is 13.0 Å². The maximum atomic E-state index is 12.0. The molecule has 0 radical (unpaired) electrons. The first kappa shape index (κ1) is 20.4. The van der Waals surface area contributed by atoms with Gasteiger partial charge >= 0.3 is 6.03 Å². The van der Waals surface area contributed by atoms with E-state index in [9.17, 15) is 4.79 Å². The zero-order chi connectivity index (χ0) is 20.6. The van der Waals surface area contributed by atoms with Gasteiger partial charge in [-0.2, -0.15) is 0 Å². The average molecular weight is 393 g/mol. The number of urea groups is 1. The number of hydrogen-bond donors (Lipinski definition) is 2. The summed E-state index contributed by atoms with van der Waals surface area (Å²) in [5.74, 6) is 1.70. The molecule has 2 amide bonds. The second-order valence-corrected chi connectivity index (χ2v) is 7.14. The smallest absolute Gasteiger partial charge is 0.315 e. The van der Waals surface area contributed by atoms with Crippen LogP contribution in [0.5, 0.6) is 0 Å². The van der Waals surface area contributed by atoms with E-state index in [-0.39, 0.29) is 6.03 Å². The topological polar surface area (TPSA) is 75.1 Å². The van der Waals surface area contributed by atoms with Gasteiger partial charge in [0.15, 0.2) is 0 Å². The lowest BCUT2D eigenvalue weighted by atomic mass is 10.1. The molecule has 0 unspecified atom stereocenters. The van der Waals surface area contributed by atoms with Crippen LogP contribution in [0.4, 0.5) is 10.5 Å². The summed E-state index contributed by atoms with van der Waals surface area (Å²) in [7, 11) is 4.06. The number of aromatic nitrogens is 3. The van der Waals surface area contributed by atoms with Crippen LogP contribution in [0.15, 0.2) is 55.0 Å². The van der Waals surface area contributed by atoms with E-state index in [2.05, 4.69) is 49.8 Å². The third-order valence-corrected chi connectivity index (χ3v) is 4.72. The predicted molar refractivity (Wildman–Crippen MR) is 115 cm³/mol. The van der Waals surface area contributed by atoms with Gasteiger partial charge in [0, 0.05) is 51.5 Å². The number of rotatable bonds is 8.